The van der Waals surface area contributed by atoms with Crippen molar-refractivity contribution in [1.82, 2.24) is 9.97 Å². The Kier molecular flexibility index (Phi) is 2.40. The van der Waals surface area contributed by atoms with E-state index in [-0.39, 0.29) is 0 Å². The maximum Gasteiger partial charge on any atom is 0.153 e. The van der Waals surface area contributed by atoms with E-state index in [1.165, 1.54) is 11.3 Å². The smallest absolute Gasteiger partial charge is 0.153 e. The monoisotopic (exact) mass is 226 g/mol. The first kappa shape index (κ1) is 10.1. The predicted octanol–water partition coefficient (Wildman–Crippen LogP) is 2.14. The molecule has 1 aliphatic rings. The van der Waals surface area contributed by atoms with Gasteiger partial charge in [0.1, 0.15) is 5.82 Å². The second-order valence-electron chi connectivity index (χ2n) is 4.19. The van der Waals surface area contributed by atoms with E-state index in [1.54, 1.807) is 12.4 Å². The number of nitrogens with zero attached hydrogens (tertiary/aromatic N) is 3. The molecule has 1 aromatic heterocycles. The molecule has 0 atom stereocenters. The lowest BCUT2D eigenvalue weighted by Crippen LogP contribution is -2.25. The fourth-order valence-corrected chi connectivity index (χ4v) is 2.27. The van der Waals surface area contributed by atoms with E-state index in [9.17, 15) is 0 Å². The zero-order valence-corrected chi connectivity index (χ0v) is 9.50. The van der Waals surface area contributed by atoms with E-state index < -0.39 is 0 Å². The fraction of sp³-hybridized carbons (Fsp3) is 0.231. The Morgan fingerprint density at radius 1 is 1.18 bits per heavy atom. The highest BCUT2D eigenvalue weighted by Gasteiger charge is 2.18. The van der Waals surface area contributed by atoms with Gasteiger partial charge in [-0.05, 0) is 24.5 Å². The Labute approximate surface area is 100 Å². The number of nitrogens with two attached hydrogens (primary N) is 1. The summed E-state index contributed by atoms with van der Waals surface area (Å²) in [6.45, 7) is 0.967. The standard InChI is InChI=1S/C13H14N4/c14-12-8-15-9-13(16-12)17-7-3-5-10-4-1-2-6-11(10)17/h1-2,4,6,8-9H,3,5,7H2,(H2,14,16). The summed E-state index contributed by atoms with van der Waals surface area (Å²) >= 11 is 0. The molecule has 0 unspecified atom stereocenters. The number of anilines is 3. The summed E-state index contributed by atoms with van der Waals surface area (Å²) in [5, 5.41) is 0. The van der Waals surface area contributed by atoms with Crippen molar-refractivity contribution in [3.05, 3.63) is 42.2 Å². The topological polar surface area (TPSA) is 55.0 Å². The van der Waals surface area contributed by atoms with Crippen molar-refractivity contribution < 1.29 is 0 Å². The summed E-state index contributed by atoms with van der Waals surface area (Å²) in [7, 11) is 0. The van der Waals surface area contributed by atoms with Crippen LogP contribution in [-0.4, -0.2) is 16.5 Å². The van der Waals surface area contributed by atoms with Crippen LogP contribution in [0.25, 0.3) is 0 Å². The van der Waals surface area contributed by atoms with Gasteiger partial charge in [0.05, 0.1) is 12.4 Å². The average molecular weight is 226 g/mol. The Bertz CT molecular complexity index is 538. The Hall–Kier alpha value is -2.10. The molecule has 1 aromatic carbocycles. The maximum absolute atomic E-state index is 5.68. The average Bonchev–Trinajstić information content (AvgIpc) is 2.38. The summed E-state index contributed by atoms with van der Waals surface area (Å²) in [4.78, 5) is 10.6. The van der Waals surface area contributed by atoms with Crippen LogP contribution in [-0.2, 0) is 6.42 Å². The number of hydrogen-bond acceptors (Lipinski definition) is 4. The van der Waals surface area contributed by atoms with Crippen LogP contribution in [0.15, 0.2) is 36.7 Å². The highest BCUT2D eigenvalue weighted by molar-refractivity contribution is 5.65. The lowest BCUT2D eigenvalue weighted by molar-refractivity contribution is 0.758. The number of hydrogen-bond donors (Lipinski definition) is 1. The van der Waals surface area contributed by atoms with Gasteiger partial charge < -0.3 is 10.6 Å². The van der Waals surface area contributed by atoms with Crippen molar-refractivity contribution in [2.75, 3.05) is 17.2 Å². The quantitative estimate of drug-likeness (QED) is 0.809. The van der Waals surface area contributed by atoms with Crippen LogP contribution in [0.5, 0.6) is 0 Å². The second kappa shape index (κ2) is 4.05. The van der Waals surface area contributed by atoms with Gasteiger partial charge in [0.15, 0.2) is 5.82 Å². The Morgan fingerprint density at radius 3 is 2.94 bits per heavy atom. The first-order valence-corrected chi connectivity index (χ1v) is 5.77. The van der Waals surface area contributed by atoms with Crippen LogP contribution >= 0.6 is 0 Å². The van der Waals surface area contributed by atoms with Crippen LogP contribution in [0.2, 0.25) is 0 Å². The van der Waals surface area contributed by atoms with E-state index in [4.69, 9.17) is 5.73 Å². The number of nitrogen functional groups attached to an aromatic ring is 1. The van der Waals surface area contributed by atoms with Crippen LogP contribution in [0.1, 0.15) is 12.0 Å². The van der Waals surface area contributed by atoms with Gasteiger partial charge in [0, 0.05) is 12.2 Å². The molecule has 0 bridgehead atoms. The summed E-state index contributed by atoms with van der Waals surface area (Å²) < 4.78 is 0. The lowest BCUT2D eigenvalue weighted by atomic mass is 10.0. The molecule has 2 aromatic rings. The molecule has 2 N–H and O–H groups in total. The number of aromatic nitrogens is 2. The van der Waals surface area contributed by atoms with Crippen LogP contribution < -0.4 is 10.6 Å². The zero-order chi connectivity index (χ0) is 11.7. The SMILES string of the molecule is Nc1cncc(N2CCCc3ccccc32)n1. The third-order valence-corrected chi connectivity index (χ3v) is 3.03. The second-order valence-corrected chi connectivity index (χ2v) is 4.19. The van der Waals surface area contributed by atoms with Gasteiger partial charge in [-0.15, -0.1) is 0 Å². The van der Waals surface area contributed by atoms with E-state index in [0.717, 1.165) is 25.2 Å². The zero-order valence-electron chi connectivity index (χ0n) is 9.50. The van der Waals surface area contributed by atoms with E-state index in [0.29, 0.717) is 5.82 Å². The number of rotatable bonds is 1. The van der Waals surface area contributed by atoms with Gasteiger partial charge in [0.2, 0.25) is 0 Å². The van der Waals surface area contributed by atoms with Gasteiger partial charge in [-0.25, -0.2) is 4.98 Å². The van der Waals surface area contributed by atoms with Crippen molar-refractivity contribution in [2.24, 2.45) is 0 Å². The minimum absolute atomic E-state index is 0.463. The Balaban J connectivity index is 2.06. The highest BCUT2D eigenvalue weighted by atomic mass is 15.2. The molecule has 0 spiro atoms. The van der Waals surface area contributed by atoms with Gasteiger partial charge in [-0.1, -0.05) is 18.2 Å². The minimum atomic E-state index is 0.463. The van der Waals surface area contributed by atoms with Crippen molar-refractivity contribution in [3.63, 3.8) is 0 Å². The molecule has 4 nitrogen and oxygen atoms in total. The largest absolute Gasteiger partial charge is 0.382 e. The molecule has 0 radical (unpaired) electrons. The molecule has 86 valence electrons. The van der Waals surface area contributed by atoms with E-state index in [2.05, 4.69) is 39.1 Å². The predicted molar refractivity (Wildman–Crippen MR) is 68.2 cm³/mol. The molecule has 3 rings (SSSR count). The number of aryl methyl sites for hydroxylation is 1. The number of benzene rings is 1. The molecule has 0 fully saturated rings. The third kappa shape index (κ3) is 1.82. The Morgan fingerprint density at radius 2 is 2.06 bits per heavy atom. The summed E-state index contributed by atoms with van der Waals surface area (Å²) in [5.74, 6) is 1.29. The van der Waals surface area contributed by atoms with Crippen molar-refractivity contribution >= 4 is 17.3 Å². The minimum Gasteiger partial charge on any atom is -0.382 e. The van der Waals surface area contributed by atoms with Crippen LogP contribution in [0.3, 0.4) is 0 Å². The molecule has 0 saturated carbocycles. The van der Waals surface area contributed by atoms with Crippen molar-refractivity contribution in [3.8, 4) is 0 Å². The molecule has 17 heavy (non-hydrogen) atoms. The first-order valence-electron chi connectivity index (χ1n) is 5.77. The molecule has 0 aliphatic carbocycles. The van der Waals surface area contributed by atoms with Gasteiger partial charge in [0.25, 0.3) is 0 Å². The maximum atomic E-state index is 5.68. The number of fused-ring (bicyclic) bond motifs is 1. The van der Waals surface area contributed by atoms with Gasteiger partial charge in [-0.3, -0.25) is 4.98 Å². The third-order valence-electron chi connectivity index (χ3n) is 3.03. The first-order chi connectivity index (χ1) is 8.34. The van der Waals surface area contributed by atoms with Crippen LogP contribution in [0, 0.1) is 0 Å². The molecule has 0 saturated heterocycles. The summed E-state index contributed by atoms with van der Waals surface area (Å²) in [5.41, 5.74) is 8.27. The summed E-state index contributed by atoms with van der Waals surface area (Å²) in [6.07, 6.45) is 5.59. The highest BCUT2D eigenvalue weighted by Crippen LogP contribution is 2.31. The lowest BCUT2D eigenvalue weighted by Gasteiger charge is -2.30. The van der Waals surface area contributed by atoms with Crippen LogP contribution in [0.4, 0.5) is 17.3 Å². The molecule has 2 heterocycles. The van der Waals surface area contributed by atoms with Crippen molar-refractivity contribution in [1.29, 1.82) is 0 Å². The van der Waals surface area contributed by atoms with E-state index in [1.807, 2.05) is 0 Å². The molecule has 4 heteroatoms. The van der Waals surface area contributed by atoms with Gasteiger partial charge in [-0.2, -0.15) is 0 Å². The molecule has 0 amide bonds. The van der Waals surface area contributed by atoms with Gasteiger partial charge >= 0.3 is 0 Å². The molecule has 1 aliphatic heterocycles. The molecular weight excluding hydrogens is 212 g/mol. The van der Waals surface area contributed by atoms with Crippen molar-refractivity contribution in [2.45, 2.75) is 12.8 Å². The molecular formula is C13H14N4. The number of para-hydroxylation sites is 1. The summed E-state index contributed by atoms with van der Waals surface area (Å²) in [6, 6.07) is 8.42. The van der Waals surface area contributed by atoms with E-state index >= 15 is 0 Å². The normalized spacial score (nSPS) is 14.5. The fourth-order valence-electron chi connectivity index (χ4n) is 2.27.